The van der Waals surface area contributed by atoms with Crippen LogP contribution in [0.3, 0.4) is 0 Å². The molecule has 0 aromatic heterocycles. The predicted molar refractivity (Wildman–Crippen MR) is 75.7 cm³/mol. The van der Waals surface area contributed by atoms with E-state index in [1.807, 2.05) is 50.2 Å². The number of amides is 1. The van der Waals surface area contributed by atoms with Gasteiger partial charge in [-0.05, 0) is 18.4 Å². The first-order chi connectivity index (χ1) is 8.97. The van der Waals surface area contributed by atoms with Crippen molar-refractivity contribution >= 4 is 11.9 Å². The molecule has 0 saturated carbocycles. The zero-order valence-corrected chi connectivity index (χ0v) is 11.4. The zero-order valence-electron chi connectivity index (χ0n) is 11.4. The van der Waals surface area contributed by atoms with Crippen molar-refractivity contribution < 1.29 is 14.7 Å². The van der Waals surface area contributed by atoms with Gasteiger partial charge in [-0.1, -0.05) is 56.8 Å². The molecule has 0 bridgehead atoms. The molecule has 4 nitrogen and oxygen atoms in total. The van der Waals surface area contributed by atoms with E-state index in [2.05, 4.69) is 11.9 Å². The lowest BCUT2D eigenvalue weighted by Gasteiger charge is -2.14. The normalized spacial score (nSPS) is 10.9. The van der Waals surface area contributed by atoms with E-state index in [0.29, 0.717) is 6.42 Å². The first kappa shape index (κ1) is 16.9. The van der Waals surface area contributed by atoms with Crippen LogP contribution in [0.15, 0.2) is 49.1 Å². The first-order valence-corrected chi connectivity index (χ1v) is 6.13. The lowest BCUT2D eigenvalue weighted by atomic mass is 10.0. The van der Waals surface area contributed by atoms with Crippen LogP contribution in [0.25, 0.3) is 0 Å². The fourth-order valence-electron chi connectivity index (χ4n) is 1.31. The van der Waals surface area contributed by atoms with Gasteiger partial charge in [0.05, 0.1) is 0 Å². The maximum Gasteiger partial charge on any atom is 0.326 e. The van der Waals surface area contributed by atoms with E-state index in [-0.39, 0.29) is 5.92 Å². The highest BCUT2D eigenvalue weighted by Gasteiger charge is 2.19. The summed E-state index contributed by atoms with van der Waals surface area (Å²) in [7, 11) is 0. The molecule has 2 N–H and O–H groups in total. The van der Waals surface area contributed by atoms with Crippen LogP contribution in [0, 0.1) is 5.92 Å². The highest BCUT2D eigenvalue weighted by molar-refractivity contribution is 5.90. The number of rotatable bonds is 5. The molecule has 4 heteroatoms. The summed E-state index contributed by atoms with van der Waals surface area (Å²) in [6, 6.07) is 11.2. The summed E-state index contributed by atoms with van der Waals surface area (Å²) in [6.45, 7) is 7.04. The minimum absolute atomic E-state index is 0.228. The largest absolute Gasteiger partial charge is 0.480 e. The van der Waals surface area contributed by atoms with Crippen LogP contribution in [0.1, 0.15) is 20.3 Å². The fourth-order valence-corrected chi connectivity index (χ4v) is 1.31. The van der Waals surface area contributed by atoms with Gasteiger partial charge in [-0.2, -0.15) is 0 Å². The summed E-state index contributed by atoms with van der Waals surface area (Å²) < 4.78 is 0. The van der Waals surface area contributed by atoms with Gasteiger partial charge in [-0.25, -0.2) is 4.79 Å². The summed E-state index contributed by atoms with van der Waals surface area (Å²) >= 11 is 0. The molecular formula is C15H21NO3. The molecule has 1 rings (SSSR count). The molecule has 0 aliphatic rings. The fraction of sp³-hybridized carbons (Fsp3) is 0.333. The smallest absolute Gasteiger partial charge is 0.326 e. The third-order valence-corrected chi connectivity index (χ3v) is 2.17. The minimum Gasteiger partial charge on any atom is -0.480 e. The molecule has 0 fully saturated rings. The number of aliphatic carboxylic acids is 1. The summed E-state index contributed by atoms with van der Waals surface area (Å²) in [5.41, 5.74) is 0. The highest BCUT2D eigenvalue weighted by Crippen LogP contribution is 2.04. The van der Waals surface area contributed by atoms with E-state index in [9.17, 15) is 9.59 Å². The van der Waals surface area contributed by atoms with Crippen molar-refractivity contribution in [3.8, 4) is 0 Å². The quantitative estimate of drug-likeness (QED) is 0.802. The zero-order chi connectivity index (χ0) is 14.7. The van der Waals surface area contributed by atoms with Crippen molar-refractivity contribution in [2.24, 2.45) is 5.92 Å². The van der Waals surface area contributed by atoms with Crippen LogP contribution in [-0.2, 0) is 9.59 Å². The van der Waals surface area contributed by atoms with Gasteiger partial charge in [0.1, 0.15) is 6.04 Å². The summed E-state index contributed by atoms with van der Waals surface area (Å²) in [6.07, 6.45) is 1.49. The second-order valence-electron chi connectivity index (χ2n) is 4.39. The number of carboxylic acids is 1. The third kappa shape index (κ3) is 9.59. The Bertz CT molecular complexity index is 361. The Morgan fingerprint density at radius 3 is 1.84 bits per heavy atom. The number of benzene rings is 1. The van der Waals surface area contributed by atoms with Crippen molar-refractivity contribution in [3.05, 3.63) is 49.1 Å². The molecule has 1 amide bonds. The monoisotopic (exact) mass is 263 g/mol. The van der Waals surface area contributed by atoms with Crippen molar-refractivity contribution in [2.75, 3.05) is 0 Å². The van der Waals surface area contributed by atoms with Crippen LogP contribution in [0.5, 0.6) is 0 Å². The van der Waals surface area contributed by atoms with Crippen LogP contribution in [-0.4, -0.2) is 23.0 Å². The van der Waals surface area contributed by atoms with E-state index >= 15 is 0 Å². The lowest BCUT2D eigenvalue weighted by Crippen LogP contribution is -2.40. The Kier molecular flexibility index (Phi) is 8.79. The van der Waals surface area contributed by atoms with E-state index in [0.717, 1.165) is 6.08 Å². The second kappa shape index (κ2) is 9.88. The average Bonchev–Trinajstić information content (AvgIpc) is 2.40. The van der Waals surface area contributed by atoms with Gasteiger partial charge < -0.3 is 10.4 Å². The molecular weight excluding hydrogens is 242 g/mol. The molecule has 0 radical (unpaired) electrons. The van der Waals surface area contributed by atoms with Crippen molar-refractivity contribution in [2.45, 2.75) is 26.3 Å². The van der Waals surface area contributed by atoms with Gasteiger partial charge in [0.15, 0.2) is 0 Å². The molecule has 1 atom stereocenters. The van der Waals surface area contributed by atoms with E-state index in [4.69, 9.17) is 5.11 Å². The summed E-state index contributed by atoms with van der Waals surface area (Å²) in [5.74, 6) is -1.23. The SMILES string of the molecule is C=CC(=O)NC(CC(C)C)C(=O)O.c1ccccc1. The highest BCUT2D eigenvalue weighted by atomic mass is 16.4. The van der Waals surface area contributed by atoms with Crippen molar-refractivity contribution in [1.29, 1.82) is 0 Å². The van der Waals surface area contributed by atoms with Crippen LogP contribution in [0.2, 0.25) is 0 Å². The molecule has 1 unspecified atom stereocenters. The molecule has 104 valence electrons. The number of carboxylic acid groups (broad SMARTS) is 1. The molecule has 1 aromatic carbocycles. The van der Waals surface area contributed by atoms with Gasteiger partial charge in [-0.3, -0.25) is 4.79 Å². The molecule has 0 aliphatic carbocycles. The Balaban J connectivity index is 0.000000443. The third-order valence-electron chi connectivity index (χ3n) is 2.17. The van der Waals surface area contributed by atoms with Gasteiger partial charge in [0.25, 0.3) is 0 Å². The Morgan fingerprint density at radius 2 is 1.58 bits per heavy atom. The molecule has 0 aliphatic heterocycles. The minimum atomic E-state index is -1.01. The Labute approximate surface area is 114 Å². The maximum absolute atomic E-state index is 10.8. The van der Waals surface area contributed by atoms with Gasteiger partial charge >= 0.3 is 5.97 Å². The van der Waals surface area contributed by atoms with Gasteiger partial charge in [-0.15, -0.1) is 0 Å². The van der Waals surface area contributed by atoms with Crippen molar-refractivity contribution in [3.63, 3.8) is 0 Å². The molecule has 19 heavy (non-hydrogen) atoms. The second-order valence-corrected chi connectivity index (χ2v) is 4.39. The number of hydrogen-bond acceptors (Lipinski definition) is 2. The van der Waals surface area contributed by atoms with Crippen LogP contribution in [0.4, 0.5) is 0 Å². The van der Waals surface area contributed by atoms with E-state index in [1.54, 1.807) is 0 Å². The van der Waals surface area contributed by atoms with Gasteiger partial charge in [0, 0.05) is 0 Å². The van der Waals surface area contributed by atoms with Crippen LogP contribution >= 0.6 is 0 Å². The molecule has 0 saturated heterocycles. The van der Waals surface area contributed by atoms with Crippen LogP contribution < -0.4 is 5.32 Å². The lowest BCUT2D eigenvalue weighted by molar-refractivity contribution is -0.141. The standard InChI is InChI=1S/C9H15NO3.C6H6/c1-4-8(11)10-7(9(12)13)5-6(2)3;1-2-4-6-5-3-1/h4,6-7H,1,5H2,2-3H3,(H,10,11)(H,12,13);1-6H. The number of nitrogens with one attached hydrogen (secondary N) is 1. The Hall–Kier alpha value is -2.10. The Morgan fingerprint density at radius 1 is 1.16 bits per heavy atom. The van der Waals surface area contributed by atoms with E-state index in [1.165, 1.54) is 0 Å². The topological polar surface area (TPSA) is 66.4 Å². The predicted octanol–water partition coefficient (Wildman–Crippen LogP) is 2.47. The summed E-state index contributed by atoms with van der Waals surface area (Å²) in [5, 5.41) is 11.1. The van der Waals surface area contributed by atoms with Gasteiger partial charge in [0.2, 0.25) is 5.91 Å². The number of hydrogen-bond donors (Lipinski definition) is 2. The maximum atomic E-state index is 10.8. The number of carbonyl (C=O) groups excluding carboxylic acids is 1. The number of carbonyl (C=O) groups is 2. The summed E-state index contributed by atoms with van der Waals surface area (Å²) in [4.78, 5) is 21.5. The average molecular weight is 263 g/mol. The molecule has 1 aromatic rings. The first-order valence-electron chi connectivity index (χ1n) is 6.13. The molecule has 0 spiro atoms. The van der Waals surface area contributed by atoms with Crippen molar-refractivity contribution in [1.82, 2.24) is 5.32 Å². The van der Waals surface area contributed by atoms with E-state index < -0.39 is 17.9 Å². The molecule has 0 heterocycles.